The smallest absolute Gasteiger partial charge is 0.408 e. The molecule has 0 spiro atoms. The molecule has 0 aromatic rings. The molecule has 1 fully saturated rings. The van der Waals surface area contributed by atoms with Gasteiger partial charge in [0, 0.05) is 6.42 Å². The van der Waals surface area contributed by atoms with Gasteiger partial charge >= 0.3 is 12.1 Å². The quantitative estimate of drug-likeness (QED) is 0.798. The van der Waals surface area contributed by atoms with E-state index in [0.717, 1.165) is 0 Å². The average molecular weight is 317 g/mol. The molecule has 128 valence electrons. The molecule has 22 heavy (non-hydrogen) atoms. The summed E-state index contributed by atoms with van der Waals surface area (Å²) in [6.07, 6.45) is -0.0710. The Morgan fingerprint density at radius 1 is 1.18 bits per heavy atom. The first-order chi connectivity index (χ1) is 9.97. The summed E-state index contributed by atoms with van der Waals surface area (Å²) in [6.45, 7) is 9.40. The van der Waals surface area contributed by atoms with Crippen LogP contribution in [0.2, 0.25) is 0 Å². The van der Waals surface area contributed by atoms with Crippen LogP contribution in [0.5, 0.6) is 0 Å². The number of hydrogen-bond donors (Lipinski definition) is 1. The second kappa shape index (κ2) is 6.83. The Labute approximate surface area is 131 Å². The van der Waals surface area contributed by atoms with Crippen molar-refractivity contribution in [2.45, 2.75) is 64.4 Å². The van der Waals surface area contributed by atoms with Gasteiger partial charge in [-0.1, -0.05) is 0 Å². The lowest BCUT2D eigenvalue weighted by Crippen LogP contribution is -2.61. The number of carbonyl (C=O) groups excluding carboxylic acids is 2. The van der Waals surface area contributed by atoms with Crippen LogP contribution in [0.1, 0.15) is 47.5 Å². The van der Waals surface area contributed by atoms with Crippen LogP contribution < -0.4 is 5.32 Å². The topological polar surface area (TPSA) is 83.1 Å². The third-order valence-corrected chi connectivity index (χ3v) is 3.19. The molecule has 0 unspecified atom stereocenters. The Kier molecular flexibility index (Phi) is 5.81. The first-order valence-electron chi connectivity index (χ1n) is 7.33. The van der Waals surface area contributed by atoms with E-state index in [0.29, 0.717) is 6.42 Å². The van der Waals surface area contributed by atoms with E-state index in [4.69, 9.17) is 14.2 Å². The fourth-order valence-electron chi connectivity index (χ4n) is 1.95. The first-order valence-corrected chi connectivity index (χ1v) is 7.33. The van der Waals surface area contributed by atoms with Crippen molar-refractivity contribution in [1.29, 1.82) is 0 Å². The number of nitrogens with one attached hydrogen (secondary N) is 1. The molecule has 1 amide bonds. The first kappa shape index (κ1) is 18.7. The minimum absolute atomic E-state index is 0.152. The van der Waals surface area contributed by atoms with Gasteiger partial charge < -0.3 is 24.3 Å². The maximum atomic E-state index is 12.0. The molecule has 0 aliphatic carbocycles. The fraction of sp³-hybridized carbons (Fsp3) is 0.867. The molecule has 7 heteroatoms. The molecule has 1 saturated heterocycles. The number of alkyl carbamates (subject to hydrolysis) is 1. The predicted octanol–water partition coefficient (Wildman–Crippen LogP) is 1.99. The van der Waals surface area contributed by atoms with E-state index in [1.54, 1.807) is 34.6 Å². The molecule has 1 N–H and O–H groups in total. The van der Waals surface area contributed by atoms with E-state index < -0.39 is 23.0 Å². The molecule has 0 radical (unpaired) electrons. The number of hydrogen-bond acceptors (Lipinski definition) is 6. The molecule has 0 aromatic carbocycles. The minimum atomic E-state index is -0.813. The summed E-state index contributed by atoms with van der Waals surface area (Å²) in [6, 6.07) is 0. The van der Waals surface area contributed by atoms with Gasteiger partial charge in [-0.05, 0) is 41.0 Å². The Morgan fingerprint density at radius 3 is 2.18 bits per heavy atom. The van der Waals surface area contributed by atoms with Gasteiger partial charge in [-0.15, -0.1) is 0 Å². The molecule has 1 rings (SSSR count). The highest BCUT2D eigenvalue weighted by molar-refractivity contribution is 5.71. The van der Waals surface area contributed by atoms with Crippen molar-refractivity contribution in [2.75, 3.05) is 20.3 Å². The van der Waals surface area contributed by atoms with Gasteiger partial charge in [0.15, 0.2) is 5.79 Å². The lowest BCUT2D eigenvalue weighted by Gasteiger charge is -2.43. The normalized spacial score (nSPS) is 20.1. The summed E-state index contributed by atoms with van der Waals surface area (Å²) in [5, 5.41) is 2.79. The second-order valence-corrected chi connectivity index (χ2v) is 6.96. The summed E-state index contributed by atoms with van der Waals surface area (Å²) in [7, 11) is 1.33. The average Bonchev–Trinajstić information content (AvgIpc) is 2.37. The van der Waals surface area contributed by atoms with Crippen LogP contribution in [-0.2, 0) is 23.7 Å². The molecule has 1 aliphatic rings. The zero-order chi connectivity index (χ0) is 17.0. The molecular formula is C15H27NO6. The van der Waals surface area contributed by atoms with E-state index in [9.17, 15) is 9.59 Å². The van der Waals surface area contributed by atoms with Gasteiger partial charge in [0.1, 0.15) is 5.60 Å². The van der Waals surface area contributed by atoms with Crippen LogP contribution in [0, 0.1) is 0 Å². The number of amides is 1. The van der Waals surface area contributed by atoms with Crippen molar-refractivity contribution in [3.63, 3.8) is 0 Å². The van der Waals surface area contributed by atoms with Gasteiger partial charge in [-0.2, -0.15) is 0 Å². The van der Waals surface area contributed by atoms with Crippen LogP contribution in [0.25, 0.3) is 0 Å². The van der Waals surface area contributed by atoms with E-state index in [-0.39, 0.29) is 25.6 Å². The summed E-state index contributed by atoms with van der Waals surface area (Å²) >= 11 is 0. The van der Waals surface area contributed by atoms with Crippen molar-refractivity contribution in [3.8, 4) is 0 Å². The van der Waals surface area contributed by atoms with Crippen molar-refractivity contribution in [1.82, 2.24) is 5.32 Å². The third-order valence-electron chi connectivity index (χ3n) is 3.19. The van der Waals surface area contributed by atoms with E-state index >= 15 is 0 Å². The fourth-order valence-corrected chi connectivity index (χ4v) is 1.95. The Bertz CT molecular complexity index is 403. The number of ether oxygens (including phenoxy) is 4. The van der Waals surface area contributed by atoms with Crippen molar-refractivity contribution in [2.24, 2.45) is 0 Å². The standard InChI is InChI=1S/C15H27NO6/c1-13(2,3)22-12(18)16-15(8-7-11(17)19-6)9-20-14(4,5)21-10-15/h7-10H2,1-6H3,(H,16,18). The molecule has 0 saturated carbocycles. The van der Waals surface area contributed by atoms with Gasteiger partial charge in [0.25, 0.3) is 0 Å². The predicted molar refractivity (Wildman–Crippen MR) is 79.3 cm³/mol. The highest BCUT2D eigenvalue weighted by Crippen LogP contribution is 2.27. The van der Waals surface area contributed by atoms with Crippen LogP contribution in [0.15, 0.2) is 0 Å². The molecule has 0 atom stereocenters. The van der Waals surface area contributed by atoms with E-state index in [1.807, 2.05) is 0 Å². The number of methoxy groups -OCH3 is 1. The van der Waals surface area contributed by atoms with Gasteiger partial charge in [0.05, 0.1) is 25.9 Å². The lowest BCUT2D eigenvalue weighted by molar-refractivity contribution is -0.271. The molecular weight excluding hydrogens is 290 g/mol. The van der Waals surface area contributed by atoms with Crippen LogP contribution in [0.4, 0.5) is 4.79 Å². The van der Waals surface area contributed by atoms with Gasteiger partial charge in [0.2, 0.25) is 0 Å². The molecule has 7 nitrogen and oxygen atoms in total. The zero-order valence-electron chi connectivity index (χ0n) is 14.3. The lowest BCUT2D eigenvalue weighted by atomic mass is 9.94. The Balaban J connectivity index is 2.74. The summed E-state index contributed by atoms with van der Waals surface area (Å²) < 4.78 is 21.2. The number of rotatable bonds is 4. The molecule has 0 bridgehead atoms. The van der Waals surface area contributed by atoms with Gasteiger partial charge in [-0.3, -0.25) is 4.79 Å². The maximum absolute atomic E-state index is 12.0. The van der Waals surface area contributed by atoms with Crippen LogP contribution in [-0.4, -0.2) is 49.3 Å². The summed E-state index contributed by atoms with van der Waals surface area (Å²) in [5.41, 5.74) is -1.42. The molecule has 1 heterocycles. The minimum Gasteiger partial charge on any atom is -0.469 e. The largest absolute Gasteiger partial charge is 0.469 e. The molecule has 0 aromatic heterocycles. The summed E-state index contributed by atoms with van der Waals surface area (Å²) in [4.78, 5) is 23.4. The van der Waals surface area contributed by atoms with Crippen LogP contribution in [0.3, 0.4) is 0 Å². The monoisotopic (exact) mass is 317 g/mol. The maximum Gasteiger partial charge on any atom is 0.408 e. The van der Waals surface area contributed by atoms with Crippen molar-refractivity contribution in [3.05, 3.63) is 0 Å². The Hall–Kier alpha value is -1.34. The second-order valence-electron chi connectivity index (χ2n) is 6.96. The van der Waals surface area contributed by atoms with Gasteiger partial charge in [-0.25, -0.2) is 4.79 Å². The van der Waals surface area contributed by atoms with Crippen molar-refractivity contribution < 1.29 is 28.5 Å². The highest BCUT2D eigenvalue weighted by atomic mass is 16.7. The molecule has 1 aliphatic heterocycles. The zero-order valence-corrected chi connectivity index (χ0v) is 14.3. The number of carbonyl (C=O) groups is 2. The SMILES string of the molecule is COC(=O)CCC1(NC(=O)OC(C)(C)C)COC(C)(C)OC1. The third kappa shape index (κ3) is 6.19. The summed E-state index contributed by atoms with van der Waals surface area (Å²) in [5.74, 6) is -1.07. The highest BCUT2D eigenvalue weighted by Gasteiger charge is 2.42. The number of esters is 1. The van der Waals surface area contributed by atoms with E-state index in [2.05, 4.69) is 10.1 Å². The van der Waals surface area contributed by atoms with Crippen molar-refractivity contribution >= 4 is 12.1 Å². The van der Waals surface area contributed by atoms with Crippen LogP contribution >= 0.6 is 0 Å². The van der Waals surface area contributed by atoms with E-state index in [1.165, 1.54) is 7.11 Å². The Morgan fingerprint density at radius 2 is 1.73 bits per heavy atom.